The summed E-state index contributed by atoms with van der Waals surface area (Å²) < 4.78 is 32.5. The van der Waals surface area contributed by atoms with Crippen molar-refractivity contribution in [3.8, 4) is 0 Å². The first kappa shape index (κ1) is 34.2. The number of halogens is 3. The van der Waals surface area contributed by atoms with Crippen molar-refractivity contribution in [2.24, 2.45) is 20.5 Å². The second-order valence-corrected chi connectivity index (χ2v) is 13.5. The molecule has 0 unspecified atom stereocenters. The molecule has 4 aromatic carbocycles. The van der Waals surface area contributed by atoms with E-state index in [9.17, 15) is 13.0 Å². The zero-order chi connectivity index (χ0) is 33.9. The van der Waals surface area contributed by atoms with Crippen molar-refractivity contribution in [3.63, 3.8) is 0 Å². The van der Waals surface area contributed by atoms with Gasteiger partial charge in [-0.1, -0.05) is 35.3 Å². The van der Waals surface area contributed by atoms with Gasteiger partial charge in [-0.15, -0.1) is 0 Å². The van der Waals surface area contributed by atoms with Crippen LogP contribution in [0.4, 0.5) is 22.7 Å². The fourth-order valence-electron chi connectivity index (χ4n) is 4.74. The minimum atomic E-state index is -4.50. The second-order valence-electron chi connectivity index (χ2n) is 10.9. The number of aromatic nitrogens is 3. The Kier molecular flexibility index (Phi) is 10.4. The fourth-order valence-corrected chi connectivity index (χ4v) is 6.05. The molecule has 5 rings (SSSR count). The molecule has 0 spiro atoms. The SMILES string of the molecule is Cc1cc(N=Nc2ccc(Cl)cc2)c(C)cc1Cc1nc(Cl)nc(Cc2cc(C)c(N=Nc3ccc(Cl)c(S(=O)(=O)O)c3)cc2C)n1. The van der Waals surface area contributed by atoms with Gasteiger partial charge in [0.25, 0.3) is 10.1 Å². The van der Waals surface area contributed by atoms with Crippen LogP contribution in [-0.2, 0) is 23.0 Å². The summed E-state index contributed by atoms with van der Waals surface area (Å²) in [4.78, 5) is 13.0. The standard InChI is InChI=1S/C33H28Cl3N7O3S/c1-18-13-28(42-40-25-7-5-24(34)6-8-25)20(3)11-22(18)15-31-37-32(39-33(36)38-31)16-23-12-21(4)29(14-19(23)2)43-41-26-9-10-27(35)30(17-26)47(44,45)46/h5-14,17H,15-16H2,1-4H3,(H,44,45,46). The summed E-state index contributed by atoms with van der Waals surface area (Å²) in [5, 5.41) is 17.8. The van der Waals surface area contributed by atoms with Crippen LogP contribution in [-0.4, -0.2) is 27.9 Å². The molecule has 0 bridgehead atoms. The molecule has 240 valence electrons. The Labute approximate surface area is 287 Å². The van der Waals surface area contributed by atoms with E-state index < -0.39 is 15.0 Å². The van der Waals surface area contributed by atoms with Crippen molar-refractivity contribution < 1.29 is 13.0 Å². The number of nitrogens with zero attached hydrogens (tertiary/aromatic N) is 7. The summed E-state index contributed by atoms with van der Waals surface area (Å²) in [6, 6.07) is 19.0. The van der Waals surface area contributed by atoms with Gasteiger partial charge < -0.3 is 0 Å². The summed E-state index contributed by atoms with van der Waals surface area (Å²) in [5.74, 6) is 1.07. The molecule has 1 aromatic heterocycles. The molecule has 0 radical (unpaired) electrons. The maximum atomic E-state index is 11.6. The van der Waals surface area contributed by atoms with Gasteiger partial charge in [-0.2, -0.15) is 28.9 Å². The van der Waals surface area contributed by atoms with Crippen molar-refractivity contribution in [2.45, 2.75) is 45.4 Å². The Bertz CT molecular complexity index is 2160. The predicted octanol–water partition coefficient (Wildman–Crippen LogP) is 10.3. The molecule has 1 heterocycles. The monoisotopic (exact) mass is 707 g/mol. The molecule has 0 aliphatic carbocycles. The highest BCUT2D eigenvalue weighted by molar-refractivity contribution is 7.86. The molecule has 0 saturated heterocycles. The normalized spacial score (nSPS) is 12.0. The van der Waals surface area contributed by atoms with Crippen LogP contribution in [0, 0.1) is 27.7 Å². The van der Waals surface area contributed by atoms with E-state index in [1.165, 1.54) is 12.1 Å². The molecule has 0 fully saturated rings. The van der Waals surface area contributed by atoms with Gasteiger partial charge in [-0.25, -0.2) is 15.0 Å². The van der Waals surface area contributed by atoms with E-state index >= 15 is 0 Å². The molecule has 0 atom stereocenters. The van der Waals surface area contributed by atoms with Crippen molar-refractivity contribution in [1.82, 2.24) is 15.0 Å². The summed E-state index contributed by atoms with van der Waals surface area (Å²) >= 11 is 18.2. The minimum absolute atomic E-state index is 0.110. The van der Waals surface area contributed by atoms with Crippen molar-refractivity contribution in [1.29, 1.82) is 0 Å². The topological polar surface area (TPSA) is 142 Å². The first-order valence-corrected chi connectivity index (χ1v) is 16.8. The number of aryl methyl sites for hydroxylation is 4. The lowest BCUT2D eigenvalue weighted by Gasteiger charge is -2.11. The predicted molar refractivity (Wildman–Crippen MR) is 183 cm³/mol. The lowest BCUT2D eigenvalue weighted by Crippen LogP contribution is -2.07. The van der Waals surface area contributed by atoms with Gasteiger partial charge in [0, 0.05) is 17.9 Å². The third-order valence-electron chi connectivity index (χ3n) is 7.27. The minimum Gasteiger partial charge on any atom is -0.282 e. The first-order chi connectivity index (χ1) is 22.2. The van der Waals surface area contributed by atoms with Gasteiger partial charge in [0.05, 0.1) is 27.8 Å². The Morgan fingerprint density at radius 1 is 0.617 bits per heavy atom. The number of azo groups is 2. The average molecular weight is 709 g/mol. The van der Waals surface area contributed by atoms with Crippen LogP contribution in [0.2, 0.25) is 15.3 Å². The third kappa shape index (κ3) is 8.82. The molecule has 5 aromatic rings. The molecular weight excluding hydrogens is 681 g/mol. The van der Waals surface area contributed by atoms with Crippen molar-refractivity contribution >= 4 is 67.7 Å². The van der Waals surface area contributed by atoms with Crippen LogP contribution >= 0.6 is 34.8 Å². The lowest BCUT2D eigenvalue weighted by molar-refractivity contribution is 0.483. The van der Waals surface area contributed by atoms with Gasteiger partial charge >= 0.3 is 0 Å². The zero-order valence-corrected chi connectivity index (χ0v) is 28.8. The van der Waals surface area contributed by atoms with Crippen LogP contribution in [0.15, 0.2) is 92.1 Å². The molecule has 1 N–H and O–H groups in total. The van der Waals surface area contributed by atoms with E-state index in [1.807, 2.05) is 58.0 Å². The van der Waals surface area contributed by atoms with Crippen LogP contribution in [0.1, 0.15) is 45.0 Å². The molecule has 14 heteroatoms. The van der Waals surface area contributed by atoms with Crippen LogP contribution in [0.3, 0.4) is 0 Å². The van der Waals surface area contributed by atoms with E-state index in [0.29, 0.717) is 40.9 Å². The fraction of sp³-hybridized carbons (Fsp3) is 0.182. The van der Waals surface area contributed by atoms with Gasteiger partial charge in [-0.05, 0) is 127 Å². The summed E-state index contributed by atoms with van der Waals surface area (Å²) in [6.45, 7) is 7.81. The summed E-state index contributed by atoms with van der Waals surface area (Å²) in [6.07, 6.45) is 0.869. The van der Waals surface area contributed by atoms with Crippen LogP contribution in [0.5, 0.6) is 0 Å². The van der Waals surface area contributed by atoms with Gasteiger partial charge in [0.2, 0.25) is 5.28 Å². The Morgan fingerprint density at radius 2 is 1.11 bits per heavy atom. The molecule has 0 amide bonds. The van der Waals surface area contributed by atoms with Crippen molar-refractivity contribution in [2.75, 3.05) is 0 Å². The Balaban J connectivity index is 1.33. The highest BCUT2D eigenvalue weighted by atomic mass is 35.5. The lowest BCUT2D eigenvalue weighted by atomic mass is 10.0. The van der Waals surface area contributed by atoms with Gasteiger partial charge in [-0.3, -0.25) is 4.55 Å². The van der Waals surface area contributed by atoms with E-state index in [-0.39, 0.29) is 16.0 Å². The molecule has 0 saturated carbocycles. The summed E-state index contributed by atoms with van der Waals surface area (Å²) in [5.41, 5.74) is 8.02. The second kappa shape index (κ2) is 14.3. The molecule has 47 heavy (non-hydrogen) atoms. The Hall–Kier alpha value is -4.13. The third-order valence-corrected chi connectivity index (χ3v) is 9.03. The maximum absolute atomic E-state index is 11.6. The Morgan fingerprint density at radius 3 is 1.62 bits per heavy atom. The van der Waals surface area contributed by atoms with Gasteiger partial charge in [0.1, 0.15) is 16.5 Å². The van der Waals surface area contributed by atoms with E-state index in [0.717, 1.165) is 45.1 Å². The molecular formula is C33H28Cl3N7O3S. The molecule has 0 aliphatic rings. The largest absolute Gasteiger partial charge is 0.296 e. The van der Waals surface area contributed by atoms with E-state index in [4.69, 9.17) is 39.8 Å². The number of benzene rings is 4. The smallest absolute Gasteiger partial charge is 0.282 e. The number of rotatable bonds is 9. The van der Waals surface area contributed by atoms with E-state index in [2.05, 4.69) is 36.5 Å². The molecule has 0 aliphatic heterocycles. The average Bonchev–Trinajstić information content (AvgIpc) is 2.99. The zero-order valence-electron chi connectivity index (χ0n) is 25.7. The number of hydrogen-bond donors (Lipinski definition) is 1. The highest BCUT2D eigenvalue weighted by Gasteiger charge is 2.16. The van der Waals surface area contributed by atoms with E-state index in [1.54, 1.807) is 12.1 Å². The first-order valence-electron chi connectivity index (χ1n) is 14.2. The summed E-state index contributed by atoms with van der Waals surface area (Å²) in [7, 11) is -4.50. The maximum Gasteiger partial charge on any atom is 0.296 e. The molecule has 10 nitrogen and oxygen atoms in total. The number of hydrogen-bond acceptors (Lipinski definition) is 9. The highest BCUT2D eigenvalue weighted by Crippen LogP contribution is 2.31. The van der Waals surface area contributed by atoms with Gasteiger partial charge in [0.15, 0.2) is 0 Å². The van der Waals surface area contributed by atoms with Crippen molar-refractivity contribution in [3.05, 3.63) is 127 Å². The van der Waals surface area contributed by atoms with Crippen LogP contribution in [0.25, 0.3) is 0 Å². The quantitative estimate of drug-likeness (QED) is 0.119. The van der Waals surface area contributed by atoms with Crippen LogP contribution < -0.4 is 0 Å².